The van der Waals surface area contributed by atoms with Gasteiger partial charge in [0.25, 0.3) is 0 Å². The molecular weight excluding hydrogens is 576 g/mol. The summed E-state index contributed by atoms with van der Waals surface area (Å²) in [6.45, 7) is 11.0. The van der Waals surface area contributed by atoms with Crippen LogP contribution in [0.15, 0.2) is 60.7 Å². The topological polar surface area (TPSA) is 55.4 Å². The van der Waals surface area contributed by atoms with E-state index in [1.54, 1.807) is 0 Å². The van der Waals surface area contributed by atoms with Crippen LogP contribution in [-0.2, 0) is 9.47 Å². The Labute approximate surface area is 279 Å². The van der Waals surface area contributed by atoms with Gasteiger partial charge >= 0.3 is 0 Å². The molecule has 2 fully saturated rings. The van der Waals surface area contributed by atoms with Crippen molar-refractivity contribution >= 4 is 0 Å². The first kappa shape index (κ1) is 36.1. The van der Waals surface area contributed by atoms with Gasteiger partial charge in [0.05, 0.1) is 38.6 Å². The lowest BCUT2D eigenvalue weighted by atomic mass is 9.89. The molecule has 0 bridgehead atoms. The zero-order valence-electron chi connectivity index (χ0n) is 28.6. The average Bonchev–Trinajstić information content (AvgIpc) is 3.08. The zero-order chi connectivity index (χ0) is 32.1. The van der Waals surface area contributed by atoms with E-state index in [-0.39, 0.29) is 0 Å². The summed E-state index contributed by atoms with van der Waals surface area (Å²) in [5, 5.41) is 0. The molecule has 2 aromatic carbocycles. The lowest BCUT2D eigenvalue weighted by Gasteiger charge is -2.26. The molecule has 0 radical (unpaired) electrons. The van der Waals surface area contributed by atoms with E-state index >= 15 is 0 Å². The average molecular weight is 637 g/mol. The summed E-state index contributed by atoms with van der Waals surface area (Å²) in [5.74, 6) is 4.45. The maximum atomic E-state index is 6.04. The first-order chi connectivity index (χ1) is 22.6. The number of allylic oxidation sites excluding steroid dienone is 1. The van der Waals surface area contributed by atoms with Crippen LogP contribution in [0.1, 0.15) is 110 Å². The fraction of sp³-hybridized carbons (Fsp3) is 0.650. The van der Waals surface area contributed by atoms with Crippen molar-refractivity contribution in [2.24, 2.45) is 5.92 Å². The summed E-state index contributed by atoms with van der Waals surface area (Å²) in [6.07, 6.45) is 18.9. The largest absolute Gasteiger partial charge is 0.494 e. The van der Waals surface area contributed by atoms with E-state index in [1.165, 1.54) is 31.3 Å². The molecule has 0 aromatic heterocycles. The van der Waals surface area contributed by atoms with Crippen LogP contribution in [0.5, 0.6) is 23.0 Å². The standard InChI is InChI=1S/C40H60O6/c1-33-11-15-35(16-12-33)43-29-7-9-31-45-39-23-19-37(20-24-39)41-27-5-3-4-6-28-42-38-21-25-40(26-22-38)46-32-10-8-30-44-36-17-13-34(2)14-18-36/h19-26,34-36H,1,3-18,27-32H2,2H3. The first-order valence-electron chi connectivity index (χ1n) is 18.3. The SMILES string of the molecule is C=C1CCC(OCCCCOc2ccc(OCCCCCCOc3ccc(OCCCCOC4CCC(C)CC4)cc3)cc2)CC1. The molecule has 256 valence electrons. The third-order valence-corrected chi connectivity index (χ3v) is 9.15. The zero-order valence-corrected chi connectivity index (χ0v) is 28.6. The smallest absolute Gasteiger partial charge is 0.119 e. The second-order valence-electron chi connectivity index (χ2n) is 13.2. The maximum Gasteiger partial charge on any atom is 0.119 e. The van der Waals surface area contributed by atoms with Crippen LogP contribution in [-0.4, -0.2) is 51.8 Å². The van der Waals surface area contributed by atoms with Crippen molar-refractivity contribution in [3.05, 3.63) is 60.7 Å². The molecule has 6 nitrogen and oxygen atoms in total. The second kappa shape index (κ2) is 22.0. The molecule has 0 atom stereocenters. The van der Waals surface area contributed by atoms with Gasteiger partial charge in [-0.25, -0.2) is 0 Å². The van der Waals surface area contributed by atoms with Crippen LogP contribution in [0.25, 0.3) is 0 Å². The number of unbranched alkanes of at least 4 members (excludes halogenated alkanes) is 5. The highest BCUT2D eigenvalue weighted by molar-refractivity contribution is 5.32. The Balaban J connectivity index is 0.915. The third kappa shape index (κ3) is 15.3. The number of hydrogen-bond acceptors (Lipinski definition) is 6. The van der Waals surface area contributed by atoms with Crippen LogP contribution >= 0.6 is 0 Å². The molecule has 2 aliphatic rings. The number of ether oxygens (including phenoxy) is 6. The van der Waals surface area contributed by atoms with Gasteiger partial charge in [-0.15, -0.1) is 0 Å². The molecule has 0 unspecified atom stereocenters. The maximum absolute atomic E-state index is 6.04. The molecule has 0 saturated heterocycles. The molecule has 46 heavy (non-hydrogen) atoms. The lowest BCUT2D eigenvalue weighted by molar-refractivity contribution is 0.0170. The minimum atomic E-state index is 0.420. The summed E-state index contributed by atoms with van der Waals surface area (Å²) in [5.41, 5.74) is 1.37. The molecule has 2 aliphatic carbocycles. The van der Waals surface area contributed by atoms with Gasteiger partial charge < -0.3 is 28.4 Å². The summed E-state index contributed by atoms with van der Waals surface area (Å²) >= 11 is 0. The predicted molar refractivity (Wildman–Crippen MR) is 187 cm³/mol. The molecule has 2 saturated carbocycles. The van der Waals surface area contributed by atoms with E-state index in [0.29, 0.717) is 18.8 Å². The van der Waals surface area contributed by atoms with Crippen molar-refractivity contribution in [3.8, 4) is 23.0 Å². The number of benzene rings is 2. The van der Waals surface area contributed by atoms with E-state index < -0.39 is 0 Å². The van der Waals surface area contributed by atoms with Crippen LogP contribution in [0, 0.1) is 5.92 Å². The summed E-state index contributed by atoms with van der Waals surface area (Å²) in [4.78, 5) is 0. The lowest BCUT2D eigenvalue weighted by Crippen LogP contribution is -2.21. The molecule has 0 heterocycles. The van der Waals surface area contributed by atoms with Crippen LogP contribution in [0.4, 0.5) is 0 Å². The molecule has 2 aromatic rings. The van der Waals surface area contributed by atoms with Crippen molar-refractivity contribution in [2.75, 3.05) is 39.6 Å². The van der Waals surface area contributed by atoms with E-state index in [2.05, 4.69) is 13.5 Å². The Morgan fingerprint density at radius 3 is 1.17 bits per heavy atom. The van der Waals surface area contributed by atoms with Crippen molar-refractivity contribution in [2.45, 2.75) is 122 Å². The van der Waals surface area contributed by atoms with E-state index in [4.69, 9.17) is 28.4 Å². The van der Waals surface area contributed by atoms with Crippen molar-refractivity contribution in [1.82, 2.24) is 0 Å². The fourth-order valence-corrected chi connectivity index (χ4v) is 6.05. The molecule has 0 N–H and O–H groups in total. The van der Waals surface area contributed by atoms with Crippen LogP contribution in [0.2, 0.25) is 0 Å². The Bertz CT molecular complexity index is 1050. The fourth-order valence-electron chi connectivity index (χ4n) is 6.05. The predicted octanol–water partition coefficient (Wildman–Crippen LogP) is 10.1. The van der Waals surface area contributed by atoms with Gasteiger partial charge in [-0.3, -0.25) is 0 Å². The highest BCUT2D eigenvalue weighted by Crippen LogP contribution is 2.26. The highest BCUT2D eigenvalue weighted by Gasteiger charge is 2.18. The van der Waals surface area contributed by atoms with Gasteiger partial charge in [0.15, 0.2) is 0 Å². The van der Waals surface area contributed by atoms with Gasteiger partial charge in [0.1, 0.15) is 23.0 Å². The highest BCUT2D eigenvalue weighted by atomic mass is 16.5. The molecule has 0 spiro atoms. The number of hydrogen-bond donors (Lipinski definition) is 0. The quantitative estimate of drug-likeness (QED) is 0.0894. The molecular formula is C40H60O6. The Kier molecular flexibility index (Phi) is 17.3. The minimum Gasteiger partial charge on any atom is -0.494 e. The van der Waals surface area contributed by atoms with Gasteiger partial charge in [-0.05, 0) is 157 Å². The van der Waals surface area contributed by atoms with Gasteiger partial charge in [-0.1, -0.05) is 19.1 Å². The van der Waals surface area contributed by atoms with Gasteiger partial charge in [0.2, 0.25) is 0 Å². The molecule has 0 aliphatic heterocycles. The summed E-state index contributed by atoms with van der Waals surface area (Å²) < 4.78 is 35.7. The number of rotatable bonds is 23. The first-order valence-corrected chi connectivity index (χ1v) is 18.3. The van der Waals surface area contributed by atoms with Crippen LogP contribution < -0.4 is 18.9 Å². The third-order valence-electron chi connectivity index (χ3n) is 9.15. The van der Waals surface area contributed by atoms with Gasteiger partial charge in [-0.2, -0.15) is 0 Å². The van der Waals surface area contributed by atoms with Crippen LogP contribution in [0.3, 0.4) is 0 Å². The molecule has 0 amide bonds. The van der Waals surface area contributed by atoms with Crippen molar-refractivity contribution in [3.63, 3.8) is 0 Å². The normalized spacial score (nSPS) is 18.8. The summed E-state index contributed by atoms with van der Waals surface area (Å²) in [7, 11) is 0. The minimum absolute atomic E-state index is 0.420. The van der Waals surface area contributed by atoms with Crippen molar-refractivity contribution in [1.29, 1.82) is 0 Å². The van der Waals surface area contributed by atoms with E-state index in [0.717, 1.165) is 139 Å². The van der Waals surface area contributed by atoms with E-state index in [9.17, 15) is 0 Å². The summed E-state index contributed by atoms with van der Waals surface area (Å²) in [6, 6.07) is 16.0. The Hall–Kier alpha value is -2.70. The molecule has 4 rings (SSSR count). The molecule has 6 heteroatoms. The second-order valence-corrected chi connectivity index (χ2v) is 13.2. The Morgan fingerprint density at radius 2 is 0.783 bits per heavy atom. The van der Waals surface area contributed by atoms with E-state index in [1.807, 2.05) is 48.5 Å². The monoisotopic (exact) mass is 636 g/mol. The van der Waals surface area contributed by atoms with Crippen molar-refractivity contribution < 1.29 is 28.4 Å². The Morgan fingerprint density at radius 1 is 0.457 bits per heavy atom. The van der Waals surface area contributed by atoms with Gasteiger partial charge in [0, 0.05) is 13.2 Å².